The van der Waals surface area contributed by atoms with E-state index in [-0.39, 0.29) is 33.8 Å². The molecule has 3 aromatic rings. The minimum absolute atomic E-state index is 0.0773. The van der Waals surface area contributed by atoms with Crippen LogP contribution in [0.25, 0.3) is 0 Å². The summed E-state index contributed by atoms with van der Waals surface area (Å²) in [6.45, 7) is 0. The van der Waals surface area contributed by atoms with Crippen LogP contribution in [-0.2, 0) is 10.0 Å². The number of benzene rings is 2. The van der Waals surface area contributed by atoms with E-state index < -0.39 is 27.4 Å². The van der Waals surface area contributed by atoms with Gasteiger partial charge in [-0.3, -0.25) is 4.72 Å². The molecular formula is C22H20FNO6S. The van der Waals surface area contributed by atoms with Crippen LogP contribution >= 0.6 is 0 Å². The molecule has 0 radical (unpaired) electrons. The fourth-order valence-corrected chi connectivity index (χ4v) is 4.63. The molecule has 162 valence electrons. The van der Waals surface area contributed by atoms with Gasteiger partial charge in [-0.1, -0.05) is 12.1 Å². The van der Waals surface area contributed by atoms with E-state index in [2.05, 4.69) is 4.72 Å². The second-order valence-corrected chi connectivity index (χ2v) is 9.04. The van der Waals surface area contributed by atoms with Crippen molar-refractivity contribution in [3.8, 4) is 11.7 Å². The Hall–Kier alpha value is -3.33. The van der Waals surface area contributed by atoms with Crippen LogP contribution in [0.4, 0.5) is 10.1 Å². The highest BCUT2D eigenvalue weighted by Crippen LogP contribution is 2.48. The van der Waals surface area contributed by atoms with Gasteiger partial charge in [-0.05, 0) is 60.7 Å². The molecule has 0 spiro atoms. The predicted molar refractivity (Wildman–Crippen MR) is 111 cm³/mol. The van der Waals surface area contributed by atoms with Crippen LogP contribution in [0.15, 0.2) is 68.7 Å². The monoisotopic (exact) mass is 445 g/mol. The predicted octanol–water partition coefficient (Wildman–Crippen LogP) is 3.84. The first kappa shape index (κ1) is 20.9. The van der Waals surface area contributed by atoms with Gasteiger partial charge < -0.3 is 14.3 Å². The number of rotatable bonds is 7. The van der Waals surface area contributed by atoms with Crippen LogP contribution in [0.3, 0.4) is 0 Å². The SMILES string of the molecule is COc1cc(O)c(C(c2cccc(NS(=O)(=O)c3ccc(F)cc3)c2)C2CC2)c(=O)o1. The van der Waals surface area contributed by atoms with E-state index in [1.165, 1.54) is 25.3 Å². The highest BCUT2D eigenvalue weighted by atomic mass is 32.2. The van der Waals surface area contributed by atoms with Crippen LogP contribution in [0.5, 0.6) is 11.7 Å². The zero-order valence-corrected chi connectivity index (χ0v) is 17.4. The van der Waals surface area contributed by atoms with Crippen molar-refractivity contribution in [2.24, 2.45) is 5.92 Å². The van der Waals surface area contributed by atoms with Gasteiger partial charge in [0.1, 0.15) is 11.6 Å². The molecule has 1 aliphatic carbocycles. The van der Waals surface area contributed by atoms with Crippen molar-refractivity contribution in [3.63, 3.8) is 0 Å². The Morgan fingerprint density at radius 3 is 2.48 bits per heavy atom. The fraction of sp³-hybridized carbons (Fsp3) is 0.227. The number of hydrogen-bond donors (Lipinski definition) is 2. The molecular weight excluding hydrogens is 425 g/mol. The van der Waals surface area contributed by atoms with Gasteiger partial charge in [0.2, 0.25) is 0 Å². The summed E-state index contributed by atoms with van der Waals surface area (Å²) < 4.78 is 50.9. The van der Waals surface area contributed by atoms with Gasteiger partial charge in [0.05, 0.1) is 23.6 Å². The maximum Gasteiger partial charge on any atom is 0.346 e. The number of hydrogen-bond acceptors (Lipinski definition) is 6. The molecule has 1 saturated carbocycles. The molecule has 0 bridgehead atoms. The van der Waals surface area contributed by atoms with E-state index in [0.29, 0.717) is 5.56 Å². The molecule has 2 N–H and O–H groups in total. The van der Waals surface area contributed by atoms with Crippen molar-refractivity contribution in [2.45, 2.75) is 23.7 Å². The number of ether oxygens (including phenoxy) is 1. The Morgan fingerprint density at radius 1 is 1.16 bits per heavy atom. The van der Waals surface area contributed by atoms with E-state index in [1.807, 2.05) is 0 Å². The van der Waals surface area contributed by atoms with Gasteiger partial charge in [-0.2, -0.15) is 0 Å². The van der Waals surface area contributed by atoms with Crippen molar-refractivity contribution < 1.29 is 27.1 Å². The topological polar surface area (TPSA) is 106 Å². The fourth-order valence-electron chi connectivity index (χ4n) is 3.58. The molecule has 0 aliphatic heterocycles. The summed E-state index contributed by atoms with van der Waals surface area (Å²) in [7, 11) is -2.60. The van der Waals surface area contributed by atoms with E-state index in [1.54, 1.807) is 24.3 Å². The lowest BCUT2D eigenvalue weighted by Crippen LogP contribution is -2.17. The summed E-state index contributed by atoms with van der Waals surface area (Å²) in [6.07, 6.45) is 1.72. The van der Waals surface area contributed by atoms with Crippen molar-refractivity contribution in [2.75, 3.05) is 11.8 Å². The Bertz CT molecular complexity index is 1270. The minimum Gasteiger partial charge on any atom is -0.507 e. The Balaban J connectivity index is 1.70. The van der Waals surface area contributed by atoms with E-state index in [0.717, 1.165) is 25.0 Å². The molecule has 1 fully saturated rings. The second-order valence-electron chi connectivity index (χ2n) is 7.36. The smallest absolute Gasteiger partial charge is 0.346 e. The molecule has 9 heteroatoms. The standard InChI is InChI=1S/C22H20FNO6S/c1-29-19-12-18(25)21(22(26)30-19)20(13-5-6-13)14-3-2-4-16(11-14)24-31(27,28)17-9-7-15(23)8-10-17/h2-4,7-13,20,24-25H,5-6H2,1H3. The van der Waals surface area contributed by atoms with Crippen LogP contribution in [0, 0.1) is 11.7 Å². The number of methoxy groups -OCH3 is 1. The van der Waals surface area contributed by atoms with Crippen LogP contribution in [0.2, 0.25) is 0 Å². The molecule has 0 saturated heterocycles. The van der Waals surface area contributed by atoms with Gasteiger partial charge in [0.15, 0.2) is 0 Å². The van der Waals surface area contributed by atoms with Gasteiger partial charge >= 0.3 is 5.63 Å². The Morgan fingerprint density at radius 2 is 1.87 bits per heavy atom. The number of sulfonamides is 1. The zero-order valence-electron chi connectivity index (χ0n) is 16.5. The third-order valence-electron chi connectivity index (χ3n) is 5.17. The van der Waals surface area contributed by atoms with Gasteiger partial charge in [-0.15, -0.1) is 0 Å². The molecule has 1 aromatic heterocycles. The van der Waals surface area contributed by atoms with E-state index in [4.69, 9.17) is 9.15 Å². The summed E-state index contributed by atoms with van der Waals surface area (Å²) in [4.78, 5) is 12.5. The average molecular weight is 445 g/mol. The zero-order chi connectivity index (χ0) is 22.2. The molecule has 1 aliphatic rings. The van der Waals surface area contributed by atoms with Crippen molar-refractivity contribution >= 4 is 15.7 Å². The second kappa shape index (κ2) is 8.07. The molecule has 31 heavy (non-hydrogen) atoms. The van der Waals surface area contributed by atoms with E-state index in [9.17, 15) is 22.7 Å². The molecule has 0 amide bonds. The van der Waals surface area contributed by atoms with Crippen molar-refractivity contribution in [3.05, 3.63) is 82.0 Å². The number of nitrogens with one attached hydrogen (secondary N) is 1. The molecule has 1 atom stereocenters. The molecule has 1 unspecified atom stereocenters. The molecule has 7 nitrogen and oxygen atoms in total. The summed E-state index contributed by atoms with van der Waals surface area (Å²) >= 11 is 0. The largest absolute Gasteiger partial charge is 0.507 e. The van der Waals surface area contributed by atoms with E-state index >= 15 is 0 Å². The lowest BCUT2D eigenvalue weighted by atomic mass is 9.87. The van der Waals surface area contributed by atoms with Crippen LogP contribution in [0.1, 0.15) is 29.9 Å². The third-order valence-corrected chi connectivity index (χ3v) is 6.57. The summed E-state index contributed by atoms with van der Waals surface area (Å²) in [5.41, 5.74) is 0.354. The summed E-state index contributed by atoms with van der Waals surface area (Å²) in [5.74, 6) is -1.21. The summed E-state index contributed by atoms with van der Waals surface area (Å²) in [6, 6.07) is 12.4. The first-order chi connectivity index (χ1) is 14.8. The van der Waals surface area contributed by atoms with Gasteiger partial charge in [0, 0.05) is 11.6 Å². The van der Waals surface area contributed by atoms with Crippen molar-refractivity contribution in [1.82, 2.24) is 0 Å². The first-order valence-corrected chi connectivity index (χ1v) is 11.1. The van der Waals surface area contributed by atoms with Crippen LogP contribution in [-0.4, -0.2) is 20.6 Å². The Labute approximate surface area is 178 Å². The maximum atomic E-state index is 13.1. The van der Waals surface area contributed by atoms with Crippen molar-refractivity contribution in [1.29, 1.82) is 0 Å². The first-order valence-electron chi connectivity index (χ1n) is 9.58. The number of aromatic hydroxyl groups is 1. The van der Waals surface area contributed by atoms with Gasteiger partial charge in [0.25, 0.3) is 16.0 Å². The normalized spacial score (nSPS) is 14.8. The average Bonchev–Trinajstić information content (AvgIpc) is 3.55. The van der Waals surface area contributed by atoms with Crippen LogP contribution < -0.4 is 15.1 Å². The lowest BCUT2D eigenvalue weighted by Gasteiger charge is -2.18. The lowest BCUT2D eigenvalue weighted by molar-refractivity contribution is 0.277. The minimum atomic E-state index is -3.93. The molecule has 4 rings (SSSR count). The third kappa shape index (κ3) is 4.41. The Kier molecular flexibility index (Phi) is 5.45. The highest BCUT2D eigenvalue weighted by Gasteiger charge is 2.37. The highest BCUT2D eigenvalue weighted by molar-refractivity contribution is 7.92. The number of anilines is 1. The summed E-state index contributed by atoms with van der Waals surface area (Å²) in [5, 5.41) is 10.5. The van der Waals surface area contributed by atoms with Gasteiger partial charge in [-0.25, -0.2) is 17.6 Å². The number of halogens is 1. The molecule has 1 heterocycles. The maximum absolute atomic E-state index is 13.1. The quantitative estimate of drug-likeness (QED) is 0.573. The molecule has 2 aromatic carbocycles.